The van der Waals surface area contributed by atoms with Crippen molar-refractivity contribution in [2.45, 2.75) is 0 Å². The van der Waals surface area contributed by atoms with E-state index in [0.717, 1.165) is 0 Å². The Balaban J connectivity index is -0.0000000800. The third-order valence-corrected chi connectivity index (χ3v) is 1.92. The van der Waals surface area contributed by atoms with Crippen molar-refractivity contribution in [1.29, 1.82) is 0 Å². The molecule has 0 amide bonds. The van der Waals surface area contributed by atoms with Crippen LogP contribution >= 0.6 is 7.80 Å². The molecular weight excluding hydrogens is 247 g/mol. The fraction of sp³-hybridized carbons (Fsp3) is 0. The minimum absolute atomic E-state index is 0. The van der Waals surface area contributed by atoms with Gasteiger partial charge in [0, 0.05) is 0 Å². The first-order valence-electron chi connectivity index (χ1n) is 0.966. The molecule has 0 aromatic carbocycles. The van der Waals surface area contributed by atoms with Crippen molar-refractivity contribution in [3.05, 3.63) is 0 Å². The van der Waals surface area contributed by atoms with E-state index in [1.807, 2.05) is 0 Å². The summed E-state index contributed by atoms with van der Waals surface area (Å²) in [6.07, 6.45) is 0. The molecule has 0 spiro atoms. The predicted octanol–water partition coefficient (Wildman–Crippen LogP) is -2.48. The van der Waals surface area contributed by atoms with Crippen molar-refractivity contribution in [3.8, 4) is 0 Å². The first kappa shape index (κ1) is 15.8. The van der Waals surface area contributed by atoms with E-state index in [4.69, 9.17) is 5.11 Å². The SMILES string of the molecule is O=C(O)[AsH]P.[AlH3].[GaH3]. The topological polar surface area (TPSA) is 37.3 Å². The van der Waals surface area contributed by atoms with Crippen LogP contribution in [0.1, 0.15) is 0 Å². The van der Waals surface area contributed by atoms with Gasteiger partial charge >= 0.3 is 57.5 Å². The zero-order valence-corrected chi connectivity index (χ0v) is 5.69. The van der Waals surface area contributed by atoms with Crippen molar-refractivity contribution >= 4 is 65.0 Å². The Hall–Kier alpha value is 1.63. The van der Waals surface area contributed by atoms with Gasteiger partial charge in [0.1, 0.15) is 0 Å². The molecule has 0 saturated heterocycles. The van der Waals surface area contributed by atoms with Crippen molar-refractivity contribution in [1.82, 2.24) is 0 Å². The third kappa shape index (κ3) is 18.4. The number of carbonyl (C=O) groups is 1. The Morgan fingerprint density at radius 2 is 1.86 bits per heavy atom. The van der Waals surface area contributed by atoms with Crippen molar-refractivity contribution < 1.29 is 9.90 Å². The van der Waals surface area contributed by atoms with E-state index in [2.05, 4.69) is 7.80 Å². The predicted molar refractivity (Wildman–Crippen MR) is 44.8 cm³/mol. The Morgan fingerprint density at radius 3 is 1.86 bits per heavy atom. The van der Waals surface area contributed by atoms with E-state index < -0.39 is 20.1 Å². The van der Waals surface area contributed by atoms with Crippen LogP contribution < -0.4 is 0 Å². The molecule has 0 aromatic rings. The molecule has 0 aromatic heterocycles. The number of hydrogen-bond acceptors (Lipinski definition) is 1. The fourth-order valence-electron chi connectivity index (χ4n) is 0. The van der Waals surface area contributed by atoms with Crippen LogP contribution in [-0.2, 0) is 0 Å². The van der Waals surface area contributed by atoms with Gasteiger partial charge in [0.2, 0.25) is 0 Å². The van der Waals surface area contributed by atoms with Crippen LogP contribution in [0.5, 0.6) is 0 Å². The molecule has 2 atom stereocenters. The average molecular weight is 257 g/mol. The van der Waals surface area contributed by atoms with Crippen molar-refractivity contribution in [2.24, 2.45) is 0 Å². The normalized spacial score (nSPS) is 7.00. The van der Waals surface area contributed by atoms with Gasteiger partial charge in [-0.25, -0.2) is 0 Å². The van der Waals surface area contributed by atoms with Gasteiger partial charge in [0.25, 0.3) is 0 Å². The van der Waals surface area contributed by atoms with E-state index in [1.54, 1.807) is 0 Å². The molecule has 2 unspecified atom stereocenters. The Labute approximate surface area is 74.5 Å². The second-order valence-electron chi connectivity index (χ2n) is 0.449. The second kappa shape index (κ2) is 10.6. The van der Waals surface area contributed by atoms with Crippen molar-refractivity contribution in [3.63, 3.8) is 0 Å². The minimum atomic E-state index is -0.722. The van der Waals surface area contributed by atoms with Crippen LogP contribution in [0.4, 0.5) is 4.79 Å². The molecule has 0 radical (unpaired) electrons. The summed E-state index contributed by atoms with van der Waals surface area (Å²) in [7, 11) is 2.22. The summed E-state index contributed by atoms with van der Waals surface area (Å²) >= 11 is -0.722. The third-order valence-electron chi connectivity index (χ3n) is 0.123. The van der Waals surface area contributed by atoms with Gasteiger partial charge < -0.3 is 0 Å². The Kier molecular flexibility index (Phi) is 24.0. The molecule has 0 bridgehead atoms. The van der Waals surface area contributed by atoms with Crippen LogP contribution in [0.25, 0.3) is 0 Å². The van der Waals surface area contributed by atoms with Gasteiger partial charge in [-0.1, -0.05) is 0 Å². The molecule has 2 nitrogen and oxygen atoms in total. The van der Waals surface area contributed by atoms with Crippen LogP contribution in [0.15, 0.2) is 0 Å². The van der Waals surface area contributed by atoms with E-state index in [-0.39, 0.29) is 37.2 Å². The first-order chi connectivity index (χ1) is 2.27. The van der Waals surface area contributed by atoms with E-state index in [0.29, 0.717) is 0 Å². The summed E-state index contributed by atoms with van der Waals surface area (Å²) in [5, 5.41) is 7.76. The molecule has 0 saturated carbocycles. The molecule has 0 fully saturated rings. The molecule has 0 aliphatic rings. The zero-order valence-electron chi connectivity index (χ0n) is 2.43. The summed E-state index contributed by atoms with van der Waals surface area (Å²) in [5.41, 5.74) is 0. The van der Waals surface area contributed by atoms with Crippen molar-refractivity contribution in [2.75, 3.05) is 0 Å². The molecular formula is CH10AlAsGaO2P. The zero-order chi connectivity index (χ0) is 4.28. The molecule has 6 heteroatoms. The fourth-order valence-corrected chi connectivity index (χ4v) is 0. The van der Waals surface area contributed by atoms with Gasteiger partial charge in [-0.3, -0.25) is 0 Å². The van der Waals surface area contributed by atoms with Gasteiger partial charge in [-0.2, -0.15) is 0 Å². The van der Waals surface area contributed by atoms with Crippen LogP contribution in [0.2, 0.25) is 0 Å². The van der Waals surface area contributed by atoms with Gasteiger partial charge in [-0.15, -0.1) is 0 Å². The summed E-state index contributed by atoms with van der Waals surface area (Å²) in [4.78, 5) is 9.40. The molecule has 0 aliphatic heterocycles. The molecule has 1 N–H and O–H groups in total. The molecule has 0 heterocycles. The number of carboxylic acid groups (broad SMARTS) is 1. The summed E-state index contributed by atoms with van der Waals surface area (Å²) in [6, 6.07) is 0. The quantitative estimate of drug-likeness (QED) is 0.417. The van der Waals surface area contributed by atoms with Crippen LogP contribution in [0, 0.1) is 0 Å². The van der Waals surface area contributed by atoms with Gasteiger partial charge in [0.15, 0.2) is 17.4 Å². The summed E-state index contributed by atoms with van der Waals surface area (Å²) in [6.45, 7) is 0. The molecule has 7 heavy (non-hydrogen) atoms. The first-order valence-corrected chi connectivity index (χ1v) is 6.23. The summed E-state index contributed by atoms with van der Waals surface area (Å²) in [5.74, 6) is 0. The van der Waals surface area contributed by atoms with Crippen LogP contribution in [-0.4, -0.2) is 62.3 Å². The molecule has 0 rings (SSSR count). The number of hydrogen-bond donors (Lipinski definition) is 1. The second-order valence-corrected chi connectivity index (χ2v) is 3.45. The number of rotatable bonds is 1. The van der Waals surface area contributed by atoms with Gasteiger partial charge in [-0.05, 0) is 0 Å². The summed E-state index contributed by atoms with van der Waals surface area (Å²) < 4.78 is -0.657. The van der Waals surface area contributed by atoms with E-state index >= 15 is 0 Å². The van der Waals surface area contributed by atoms with Gasteiger partial charge in [0.05, 0.1) is 0 Å². The van der Waals surface area contributed by atoms with Crippen LogP contribution in [0.3, 0.4) is 0 Å². The Bertz CT molecular complexity index is 53.0. The average Bonchev–Trinajstić information content (AvgIpc) is 1.38. The maximum atomic E-state index is 9.40. The molecule has 0 aliphatic carbocycles. The Morgan fingerprint density at radius 1 is 1.71 bits per heavy atom. The standard InChI is InChI=1S/CH4AsO2P.Al.Ga.6H/c3-1(4)2-5;;;;;;;;/h2H,5H2,(H,3,4);;;;;;;;. The van der Waals surface area contributed by atoms with E-state index in [1.165, 1.54) is 0 Å². The molecule has 42 valence electrons. The monoisotopic (exact) mass is 256 g/mol. The maximum absolute atomic E-state index is 9.40. The van der Waals surface area contributed by atoms with E-state index in [9.17, 15) is 4.79 Å².